The van der Waals surface area contributed by atoms with Crippen LogP contribution in [0.5, 0.6) is 11.5 Å². The van der Waals surface area contributed by atoms with Crippen LogP contribution in [0.4, 0.5) is 4.79 Å². The maximum absolute atomic E-state index is 14.8. The van der Waals surface area contributed by atoms with Crippen LogP contribution in [0.3, 0.4) is 0 Å². The summed E-state index contributed by atoms with van der Waals surface area (Å²) in [6, 6.07) is 6.94. The van der Waals surface area contributed by atoms with Crippen LogP contribution in [0.25, 0.3) is 0 Å². The van der Waals surface area contributed by atoms with Crippen molar-refractivity contribution in [1.82, 2.24) is 15.5 Å². The van der Waals surface area contributed by atoms with E-state index < -0.39 is 94.5 Å². The van der Waals surface area contributed by atoms with Crippen molar-refractivity contribution >= 4 is 41.0 Å². The topological polar surface area (TPSA) is 219 Å². The fraction of sp³-hybridized carbons (Fsp3) is 0.468. The largest absolute Gasteiger partial charge is 0.507 e. The molecule has 5 aliphatic rings. The van der Waals surface area contributed by atoms with Crippen molar-refractivity contribution < 1.29 is 63.0 Å². The van der Waals surface area contributed by atoms with Gasteiger partial charge in [-0.2, -0.15) is 0 Å². The van der Waals surface area contributed by atoms with Gasteiger partial charge in [-0.3, -0.25) is 19.2 Å². The summed E-state index contributed by atoms with van der Waals surface area (Å²) >= 11 is 6.14. The van der Waals surface area contributed by atoms with Crippen LogP contribution in [0, 0.1) is 30.6 Å². The third-order valence-electron chi connectivity index (χ3n) is 12.5. The Morgan fingerprint density at radius 3 is 2.34 bits per heavy atom. The van der Waals surface area contributed by atoms with Crippen LogP contribution < -0.4 is 15.4 Å². The summed E-state index contributed by atoms with van der Waals surface area (Å²) in [6.45, 7) is 12.0. The van der Waals surface area contributed by atoms with Crippen LogP contribution in [0.2, 0.25) is 5.02 Å². The van der Waals surface area contributed by atoms with Gasteiger partial charge < -0.3 is 54.5 Å². The fourth-order valence-electron chi connectivity index (χ4n) is 8.56. The lowest BCUT2D eigenvalue weighted by Crippen LogP contribution is -2.47. The summed E-state index contributed by atoms with van der Waals surface area (Å²) in [5.74, 6) is -8.93. The molecule has 1 fully saturated rings. The lowest BCUT2D eigenvalue weighted by atomic mass is 9.78. The third-order valence-corrected chi connectivity index (χ3v) is 12.8. The number of amides is 2. The number of nitrogens with zero attached hydrogens (tertiary/aromatic N) is 1. The highest BCUT2D eigenvalue weighted by Gasteiger charge is 2.53. The highest BCUT2D eigenvalue weighted by molar-refractivity contribution is 6.32. The molecule has 1 saturated heterocycles. The molecule has 17 heteroatoms. The average Bonchev–Trinajstić information content (AvgIpc) is 3.54. The first-order chi connectivity index (χ1) is 30.3. The minimum atomic E-state index is -2.11. The SMILES string of the molecule is CO[C@H]1/C=C/O[C@@]2(C)Oc3c(C)c(O)c4c(c3C2=O)C(=O)C(N2CCOCC2)=C(NC(=O)/C(C)=C\C=C\[C@H](C)[C@H](O)[C@@H](C)[C@@H](O)[C@@H](C)[C@H](OC(=O)NCc2cccc(Cl)c2)[C@@H]1C)C4=O. The van der Waals surface area contributed by atoms with Gasteiger partial charge in [-0.1, -0.05) is 69.7 Å². The summed E-state index contributed by atoms with van der Waals surface area (Å²) < 4.78 is 29.5. The van der Waals surface area contributed by atoms with Gasteiger partial charge in [-0.25, -0.2) is 4.79 Å². The molecule has 1 aliphatic carbocycles. The van der Waals surface area contributed by atoms with Gasteiger partial charge in [0.25, 0.3) is 11.7 Å². The van der Waals surface area contributed by atoms with Crippen molar-refractivity contribution in [3.63, 3.8) is 0 Å². The van der Waals surface area contributed by atoms with Crippen molar-refractivity contribution in [2.45, 2.75) is 85.2 Å². The van der Waals surface area contributed by atoms with Gasteiger partial charge in [-0.05, 0) is 37.6 Å². The molecule has 64 heavy (non-hydrogen) atoms. The molecule has 0 aromatic heterocycles. The molecule has 0 radical (unpaired) electrons. The Morgan fingerprint density at radius 1 is 0.969 bits per heavy atom. The Bertz CT molecular complexity index is 2320. The number of morpholine rings is 1. The van der Waals surface area contributed by atoms with Crippen LogP contribution in [0.1, 0.15) is 83.7 Å². The number of ketones is 3. The number of carbonyl (C=O) groups is 5. The highest BCUT2D eigenvalue weighted by atomic mass is 35.5. The number of phenols is 1. The van der Waals surface area contributed by atoms with Gasteiger partial charge in [0.2, 0.25) is 11.6 Å². The predicted molar refractivity (Wildman–Crippen MR) is 234 cm³/mol. The molecule has 344 valence electrons. The molecule has 2 amide bonds. The van der Waals surface area contributed by atoms with Crippen LogP contribution in [-0.4, -0.2) is 113 Å². The first-order valence-corrected chi connectivity index (χ1v) is 21.6. The number of nitrogens with one attached hydrogen (secondary N) is 2. The van der Waals surface area contributed by atoms with Gasteiger partial charge in [0.15, 0.2) is 0 Å². The minimum Gasteiger partial charge on any atom is -0.507 e. The molecular formula is C47H56ClN3O13. The number of fused-ring (bicyclic) bond motifs is 14. The van der Waals surface area contributed by atoms with E-state index in [1.165, 1.54) is 46.3 Å². The molecule has 5 bridgehead atoms. The number of rotatable bonds is 5. The highest BCUT2D eigenvalue weighted by Crippen LogP contribution is 2.49. The summed E-state index contributed by atoms with van der Waals surface area (Å²) in [5.41, 5.74) is -0.840. The number of aliphatic hydroxyl groups excluding tert-OH is 2. The van der Waals surface area contributed by atoms with Crippen LogP contribution >= 0.6 is 11.6 Å². The Labute approximate surface area is 376 Å². The van der Waals surface area contributed by atoms with Gasteiger partial charge in [0.05, 0.1) is 54.5 Å². The van der Waals surface area contributed by atoms with Crippen molar-refractivity contribution in [3.8, 4) is 11.5 Å². The fourth-order valence-corrected chi connectivity index (χ4v) is 8.77. The molecule has 0 unspecified atom stereocenters. The molecule has 5 N–H and O–H groups in total. The number of hydrogen-bond acceptors (Lipinski definition) is 14. The number of benzene rings is 2. The molecule has 7 rings (SSSR count). The molecule has 0 spiro atoms. The zero-order chi connectivity index (χ0) is 46.8. The number of hydrogen-bond donors (Lipinski definition) is 5. The monoisotopic (exact) mass is 905 g/mol. The maximum Gasteiger partial charge on any atom is 0.407 e. The first kappa shape index (κ1) is 47.9. The number of halogens is 1. The molecule has 2 aromatic carbocycles. The summed E-state index contributed by atoms with van der Waals surface area (Å²) in [7, 11) is 1.42. The second-order valence-corrected chi connectivity index (χ2v) is 17.3. The number of ether oxygens (including phenoxy) is 5. The quantitative estimate of drug-likeness (QED) is 0.257. The van der Waals surface area contributed by atoms with E-state index in [9.17, 15) is 39.3 Å². The number of aliphatic hydroxyl groups is 2. The van der Waals surface area contributed by atoms with E-state index >= 15 is 0 Å². The summed E-state index contributed by atoms with van der Waals surface area (Å²) in [5, 5.41) is 40.7. The summed E-state index contributed by atoms with van der Waals surface area (Å²) in [6.07, 6.45) is 2.27. The van der Waals surface area contributed by atoms with E-state index in [-0.39, 0.29) is 72.3 Å². The van der Waals surface area contributed by atoms with Crippen molar-refractivity contribution in [2.24, 2.45) is 23.7 Å². The number of alkyl carbamates (subject to hydrolysis) is 1. The standard InChI is InChI=1S/C47H56ClN3O13/c1-23-11-9-12-24(2)45(58)50-35-36(51-16-19-61-20-17-51)41(56)32-33(40(35)55)39(54)28(6)43-34(32)44(57)47(7,64-43)62-18-15-31(60-8)25(3)42(27(5)38(53)26(4)37(23)52)63-46(59)49-22-29-13-10-14-30(48)21-29/h9-15,18,21,23,25-27,31,37-38,42,52-54H,16-17,19-20,22H2,1-8H3,(H,49,59)(H,50,58)/b11-9+,18-15+,24-12-/t23-,25+,26+,27+,31-,37-,38+,42+,47-/m0/s1. The van der Waals surface area contributed by atoms with E-state index in [1.807, 2.05) is 0 Å². The number of aromatic hydroxyl groups is 1. The molecule has 2 aromatic rings. The Hall–Kier alpha value is -5.52. The van der Waals surface area contributed by atoms with E-state index in [0.717, 1.165) is 5.56 Å². The lowest BCUT2D eigenvalue weighted by molar-refractivity contribution is -0.116. The van der Waals surface area contributed by atoms with E-state index in [1.54, 1.807) is 69.0 Å². The Balaban J connectivity index is 1.42. The van der Waals surface area contributed by atoms with Crippen molar-refractivity contribution in [1.29, 1.82) is 0 Å². The zero-order valence-corrected chi connectivity index (χ0v) is 37.9. The molecule has 4 heterocycles. The lowest BCUT2D eigenvalue weighted by Gasteiger charge is -2.38. The maximum atomic E-state index is 14.8. The van der Waals surface area contributed by atoms with E-state index in [2.05, 4.69) is 10.6 Å². The molecule has 4 aliphatic heterocycles. The number of allylic oxidation sites excluding steroid dienone is 4. The van der Waals surface area contributed by atoms with Crippen molar-refractivity contribution in [3.05, 3.63) is 105 Å². The molecular weight excluding hydrogens is 850 g/mol. The van der Waals surface area contributed by atoms with Gasteiger partial charge in [0.1, 0.15) is 29.0 Å². The van der Waals surface area contributed by atoms with Crippen molar-refractivity contribution in [2.75, 3.05) is 33.4 Å². The average molecular weight is 906 g/mol. The molecule has 9 atom stereocenters. The van der Waals surface area contributed by atoms with E-state index in [4.69, 9.17) is 35.3 Å². The van der Waals surface area contributed by atoms with Crippen LogP contribution in [0.15, 0.2) is 71.8 Å². The molecule has 16 nitrogen and oxygen atoms in total. The number of phenolic OH excluding ortho intramolecular Hbond substituents is 1. The number of methoxy groups -OCH3 is 1. The molecule has 0 saturated carbocycles. The van der Waals surface area contributed by atoms with Gasteiger partial charge in [0, 0.05) is 73.5 Å². The van der Waals surface area contributed by atoms with E-state index in [0.29, 0.717) is 5.02 Å². The smallest absolute Gasteiger partial charge is 0.407 e. The van der Waals surface area contributed by atoms with Gasteiger partial charge >= 0.3 is 11.9 Å². The Kier molecular flexibility index (Phi) is 14.8. The van der Waals surface area contributed by atoms with Gasteiger partial charge in [-0.15, -0.1) is 0 Å². The number of Topliss-reactive ketones (excluding diaryl/α,β-unsaturated/α-hetero) is 3. The second kappa shape index (κ2) is 19.7. The summed E-state index contributed by atoms with van der Waals surface area (Å²) in [4.78, 5) is 72.5. The Morgan fingerprint density at radius 2 is 1.67 bits per heavy atom. The normalized spacial score (nSPS) is 31.0. The second-order valence-electron chi connectivity index (χ2n) is 16.9. The predicted octanol–water partition coefficient (Wildman–Crippen LogP) is 5.31. The zero-order valence-electron chi connectivity index (χ0n) is 37.1. The first-order valence-electron chi connectivity index (χ1n) is 21.2. The van der Waals surface area contributed by atoms with Crippen LogP contribution in [-0.2, 0) is 30.3 Å². The number of carbonyl (C=O) groups excluding carboxylic acids is 5. The minimum absolute atomic E-state index is 0.0121. The third kappa shape index (κ3) is 9.47.